The quantitative estimate of drug-likeness (QED) is 0.517. The molecule has 0 radical (unpaired) electrons. The highest BCUT2D eigenvalue weighted by Gasteiger charge is 2.39. The number of piperidine rings is 1. The summed E-state index contributed by atoms with van der Waals surface area (Å²) in [5.74, 6) is 1.33. The molecule has 7 nitrogen and oxygen atoms in total. The molecule has 184 valence electrons. The van der Waals surface area contributed by atoms with Crippen LogP contribution >= 0.6 is 0 Å². The lowest BCUT2D eigenvalue weighted by molar-refractivity contribution is -0.151. The number of nitrogens with one attached hydrogen (secondary N) is 1. The maximum absolute atomic E-state index is 13.5. The molecule has 2 fully saturated rings. The van der Waals surface area contributed by atoms with Crippen molar-refractivity contribution in [2.75, 3.05) is 32.8 Å². The van der Waals surface area contributed by atoms with Crippen molar-refractivity contribution in [3.63, 3.8) is 0 Å². The fourth-order valence-electron chi connectivity index (χ4n) is 4.65. The molecule has 0 aliphatic carbocycles. The van der Waals surface area contributed by atoms with Crippen molar-refractivity contribution >= 4 is 17.8 Å². The summed E-state index contributed by atoms with van der Waals surface area (Å²) in [6.07, 6.45) is 3.51. The first-order valence-electron chi connectivity index (χ1n) is 12.6. The van der Waals surface area contributed by atoms with Gasteiger partial charge in [0.05, 0.1) is 12.6 Å². The first kappa shape index (κ1) is 26.6. The second kappa shape index (κ2) is 12.6. The van der Waals surface area contributed by atoms with Crippen LogP contribution in [0.3, 0.4) is 0 Å². The second-order valence-electron chi connectivity index (χ2n) is 10.9. The molecule has 0 aromatic rings. The maximum atomic E-state index is 13.5. The number of hydrogen-bond acceptors (Lipinski definition) is 5. The molecule has 0 aromatic heterocycles. The minimum Gasteiger partial charge on any atom is -0.465 e. The summed E-state index contributed by atoms with van der Waals surface area (Å²) in [7, 11) is 0. The van der Waals surface area contributed by atoms with Gasteiger partial charge in [-0.2, -0.15) is 0 Å². The summed E-state index contributed by atoms with van der Waals surface area (Å²) in [6, 6.07) is -0.597. The molecule has 1 N–H and O–H groups in total. The van der Waals surface area contributed by atoms with Gasteiger partial charge in [0.2, 0.25) is 11.8 Å². The van der Waals surface area contributed by atoms with Crippen molar-refractivity contribution in [2.24, 2.45) is 23.7 Å². The van der Waals surface area contributed by atoms with Crippen molar-refractivity contribution < 1.29 is 19.1 Å². The molecule has 2 saturated heterocycles. The number of rotatable bonds is 10. The Bertz CT molecular complexity index is 627. The maximum Gasteiger partial charge on any atom is 0.306 e. The Hall–Kier alpha value is -1.63. The van der Waals surface area contributed by atoms with Gasteiger partial charge < -0.3 is 19.9 Å². The largest absolute Gasteiger partial charge is 0.465 e. The van der Waals surface area contributed by atoms with E-state index < -0.39 is 6.04 Å². The summed E-state index contributed by atoms with van der Waals surface area (Å²) in [5, 5.41) is 3.34. The zero-order chi connectivity index (χ0) is 23.8. The van der Waals surface area contributed by atoms with Crippen molar-refractivity contribution in [3.05, 3.63) is 0 Å². The average molecular weight is 452 g/mol. The number of likely N-dealkylation sites (tertiary alicyclic amines) is 1. The summed E-state index contributed by atoms with van der Waals surface area (Å²) in [4.78, 5) is 42.5. The Labute approximate surface area is 194 Å². The van der Waals surface area contributed by atoms with Crippen molar-refractivity contribution in [1.29, 1.82) is 0 Å². The molecule has 2 rings (SSSR count). The van der Waals surface area contributed by atoms with E-state index in [1.807, 2.05) is 23.6 Å². The van der Waals surface area contributed by atoms with Crippen LogP contribution in [0.15, 0.2) is 0 Å². The molecule has 0 unspecified atom stereocenters. The number of carbonyl (C=O) groups excluding carboxylic acids is 3. The number of piperazine rings is 1. The standard InChI is InChI=1S/C25H45N3O4/c1-17(2)13-21-24(30)28(12-9-26-21)22(14-18(3)4)25(31)27-10-7-20(8-11-27)15-23(29)32-16-19(5)6/h17-22,26H,7-16H2,1-6H3/t21-,22-/m0/s1. The van der Waals surface area contributed by atoms with Gasteiger partial charge in [0, 0.05) is 32.6 Å². The molecular formula is C25H45N3O4. The Morgan fingerprint density at radius 3 is 2.22 bits per heavy atom. The number of carbonyl (C=O) groups is 3. The number of nitrogens with zero attached hydrogens (tertiary/aromatic N) is 2. The van der Waals surface area contributed by atoms with Crippen LogP contribution in [0, 0.1) is 23.7 Å². The SMILES string of the molecule is CC(C)COC(=O)CC1CCN(C(=O)[C@H](CC(C)C)N2CCN[C@@H](CC(C)C)C2=O)CC1. The predicted molar refractivity (Wildman–Crippen MR) is 126 cm³/mol. The minimum absolute atomic E-state index is 0.0618. The monoisotopic (exact) mass is 451 g/mol. The van der Waals surface area contributed by atoms with Gasteiger partial charge in [0.1, 0.15) is 6.04 Å². The fourth-order valence-corrected chi connectivity index (χ4v) is 4.65. The minimum atomic E-state index is -0.396. The van der Waals surface area contributed by atoms with Crippen LogP contribution in [0.2, 0.25) is 0 Å². The highest BCUT2D eigenvalue weighted by molar-refractivity contribution is 5.90. The smallest absolute Gasteiger partial charge is 0.306 e. The first-order chi connectivity index (χ1) is 15.1. The van der Waals surface area contributed by atoms with Gasteiger partial charge in [-0.3, -0.25) is 14.4 Å². The van der Waals surface area contributed by atoms with E-state index in [0.29, 0.717) is 56.8 Å². The summed E-state index contributed by atoms with van der Waals surface area (Å²) < 4.78 is 5.32. The molecule has 7 heteroatoms. The summed E-state index contributed by atoms with van der Waals surface area (Å²) in [5.41, 5.74) is 0. The van der Waals surface area contributed by atoms with Crippen molar-refractivity contribution in [1.82, 2.24) is 15.1 Å². The van der Waals surface area contributed by atoms with Gasteiger partial charge in [-0.25, -0.2) is 0 Å². The molecule has 2 atom stereocenters. The molecule has 0 saturated carbocycles. The van der Waals surface area contributed by atoms with Gasteiger partial charge in [-0.1, -0.05) is 41.5 Å². The van der Waals surface area contributed by atoms with Gasteiger partial charge in [-0.15, -0.1) is 0 Å². The lowest BCUT2D eigenvalue weighted by atomic mass is 9.92. The van der Waals surface area contributed by atoms with Gasteiger partial charge >= 0.3 is 5.97 Å². The van der Waals surface area contributed by atoms with E-state index >= 15 is 0 Å². The van der Waals surface area contributed by atoms with Crippen molar-refractivity contribution in [2.45, 2.75) is 85.7 Å². The van der Waals surface area contributed by atoms with Gasteiger partial charge in [0.15, 0.2) is 0 Å². The van der Waals surface area contributed by atoms with E-state index in [9.17, 15) is 14.4 Å². The molecule has 0 spiro atoms. The van der Waals surface area contributed by atoms with Gasteiger partial charge in [-0.05, 0) is 49.4 Å². The number of ether oxygens (including phenoxy) is 1. The second-order valence-corrected chi connectivity index (χ2v) is 10.9. The Morgan fingerprint density at radius 2 is 1.66 bits per heavy atom. The zero-order valence-corrected chi connectivity index (χ0v) is 21.1. The third-order valence-electron chi connectivity index (χ3n) is 6.35. The van der Waals surface area contributed by atoms with E-state index in [-0.39, 0.29) is 29.7 Å². The molecule has 2 heterocycles. The fraction of sp³-hybridized carbons (Fsp3) is 0.880. The molecule has 2 amide bonds. The summed E-state index contributed by atoms with van der Waals surface area (Å²) >= 11 is 0. The highest BCUT2D eigenvalue weighted by Crippen LogP contribution is 2.25. The number of esters is 1. The van der Waals surface area contributed by atoms with Crippen LogP contribution in [0.5, 0.6) is 0 Å². The Balaban J connectivity index is 1.97. The van der Waals surface area contributed by atoms with E-state index in [1.165, 1.54) is 0 Å². The zero-order valence-electron chi connectivity index (χ0n) is 21.1. The van der Waals surface area contributed by atoms with E-state index in [1.54, 1.807) is 0 Å². The average Bonchev–Trinajstić information content (AvgIpc) is 2.72. The third kappa shape index (κ3) is 8.05. The van der Waals surface area contributed by atoms with Crippen molar-refractivity contribution in [3.8, 4) is 0 Å². The van der Waals surface area contributed by atoms with Crippen LogP contribution in [0.4, 0.5) is 0 Å². The van der Waals surface area contributed by atoms with Crippen LogP contribution in [0.1, 0.15) is 73.6 Å². The Kier molecular flexibility index (Phi) is 10.5. The lowest BCUT2D eigenvalue weighted by Crippen LogP contribution is -2.62. The van der Waals surface area contributed by atoms with E-state index in [4.69, 9.17) is 4.74 Å². The van der Waals surface area contributed by atoms with Crippen LogP contribution < -0.4 is 5.32 Å². The molecule has 32 heavy (non-hydrogen) atoms. The summed E-state index contributed by atoms with van der Waals surface area (Å²) in [6.45, 7) is 15.6. The highest BCUT2D eigenvalue weighted by atomic mass is 16.5. The topological polar surface area (TPSA) is 79.0 Å². The van der Waals surface area contributed by atoms with Crippen LogP contribution in [0.25, 0.3) is 0 Å². The molecule has 0 aromatic carbocycles. The van der Waals surface area contributed by atoms with Crippen LogP contribution in [-0.2, 0) is 19.1 Å². The molecule has 2 aliphatic rings. The predicted octanol–water partition coefficient (Wildman–Crippen LogP) is 3.08. The van der Waals surface area contributed by atoms with Crippen LogP contribution in [-0.4, -0.2) is 72.5 Å². The van der Waals surface area contributed by atoms with Gasteiger partial charge in [0.25, 0.3) is 0 Å². The molecule has 0 bridgehead atoms. The molecule has 2 aliphatic heterocycles. The first-order valence-corrected chi connectivity index (χ1v) is 12.6. The number of hydrogen-bond donors (Lipinski definition) is 1. The number of amides is 2. The molecular weight excluding hydrogens is 406 g/mol. The lowest BCUT2D eigenvalue weighted by Gasteiger charge is -2.42. The normalized spacial score (nSPS) is 21.5. The van der Waals surface area contributed by atoms with E-state index in [2.05, 4.69) is 33.0 Å². The Morgan fingerprint density at radius 1 is 1.00 bits per heavy atom. The third-order valence-corrected chi connectivity index (χ3v) is 6.35. The van der Waals surface area contributed by atoms with E-state index in [0.717, 1.165) is 25.8 Å².